The van der Waals surface area contributed by atoms with Crippen molar-refractivity contribution >= 4 is 17.4 Å². The molecule has 0 aliphatic heterocycles. The molecule has 0 unspecified atom stereocenters. The molecule has 3 heterocycles. The number of hydrogen-bond donors (Lipinski definition) is 1. The molecule has 1 amide bonds. The van der Waals surface area contributed by atoms with E-state index in [0.717, 1.165) is 33.3 Å². The summed E-state index contributed by atoms with van der Waals surface area (Å²) < 4.78 is 6.57. The van der Waals surface area contributed by atoms with Crippen LogP contribution in [0.15, 0.2) is 36.8 Å². The molecule has 136 valence electrons. The Morgan fingerprint density at radius 2 is 2.27 bits per heavy atom. The van der Waals surface area contributed by atoms with Crippen LogP contribution in [0.1, 0.15) is 19.0 Å². The third kappa shape index (κ3) is 4.33. The summed E-state index contributed by atoms with van der Waals surface area (Å²) in [6, 6.07) is 5.44. The number of aryl methyl sites for hydroxylation is 1. The van der Waals surface area contributed by atoms with Crippen LogP contribution in [0.3, 0.4) is 0 Å². The van der Waals surface area contributed by atoms with Gasteiger partial charge < -0.3 is 10.1 Å². The van der Waals surface area contributed by atoms with E-state index < -0.39 is 0 Å². The van der Waals surface area contributed by atoms with Crippen molar-refractivity contribution in [3.63, 3.8) is 0 Å². The zero-order chi connectivity index (χ0) is 18.4. The molecule has 26 heavy (non-hydrogen) atoms. The van der Waals surface area contributed by atoms with E-state index in [2.05, 4.69) is 20.4 Å². The third-order valence-electron chi connectivity index (χ3n) is 3.68. The molecule has 7 nitrogen and oxygen atoms in total. The standard InChI is InChI=1S/C18H21N5O2S/c1-3-25-11-5-9-20-18(24)23-10-7-15(22-23)16-13(2)21-17(26-16)14-6-4-8-19-12-14/h4,6-8,10,12H,3,5,9,11H2,1-2H3,(H,20,24). The number of carbonyl (C=O) groups is 1. The highest BCUT2D eigenvalue weighted by Crippen LogP contribution is 2.33. The maximum atomic E-state index is 12.2. The van der Waals surface area contributed by atoms with Crippen molar-refractivity contribution in [3.05, 3.63) is 42.5 Å². The van der Waals surface area contributed by atoms with E-state index >= 15 is 0 Å². The number of hydrogen-bond acceptors (Lipinski definition) is 6. The number of nitrogens with zero attached hydrogens (tertiary/aromatic N) is 4. The lowest BCUT2D eigenvalue weighted by molar-refractivity contribution is 0.145. The highest BCUT2D eigenvalue weighted by atomic mass is 32.1. The van der Waals surface area contributed by atoms with Crippen molar-refractivity contribution in [2.24, 2.45) is 0 Å². The first-order valence-electron chi connectivity index (χ1n) is 8.49. The number of amides is 1. The summed E-state index contributed by atoms with van der Waals surface area (Å²) in [6.45, 7) is 5.77. The van der Waals surface area contributed by atoms with E-state index in [9.17, 15) is 4.79 Å². The van der Waals surface area contributed by atoms with Gasteiger partial charge in [-0.05, 0) is 38.5 Å². The van der Waals surface area contributed by atoms with Crippen LogP contribution in [0.5, 0.6) is 0 Å². The van der Waals surface area contributed by atoms with Crippen LogP contribution in [0.2, 0.25) is 0 Å². The molecule has 0 saturated heterocycles. The van der Waals surface area contributed by atoms with Crippen LogP contribution < -0.4 is 5.32 Å². The zero-order valence-electron chi connectivity index (χ0n) is 14.8. The van der Waals surface area contributed by atoms with E-state index in [1.165, 1.54) is 4.68 Å². The average molecular weight is 371 g/mol. The summed E-state index contributed by atoms with van der Waals surface area (Å²) >= 11 is 1.54. The van der Waals surface area contributed by atoms with Crippen molar-refractivity contribution in [2.75, 3.05) is 19.8 Å². The maximum absolute atomic E-state index is 12.2. The topological polar surface area (TPSA) is 81.9 Å². The molecule has 0 fully saturated rings. The van der Waals surface area contributed by atoms with Gasteiger partial charge in [-0.15, -0.1) is 11.3 Å². The quantitative estimate of drug-likeness (QED) is 0.644. The highest BCUT2D eigenvalue weighted by molar-refractivity contribution is 7.18. The summed E-state index contributed by atoms with van der Waals surface area (Å²) in [5, 5.41) is 8.11. The van der Waals surface area contributed by atoms with Gasteiger partial charge in [0, 0.05) is 43.9 Å². The Kier molecular flexibility index (Phi) is 6.08. The summed E-state index contributed by atoms with van der Waals surface area (Å²) in [4.78, 5) is 21.8. The molecule has 1 N–H and O–H groups in total. The zero-order valence-corrected chi connectivity index (χ0v) is 15.6. The molecule has 0 saturated carbocycles. The summed E-state index contributed by atoms with van der Waals surface area (Å²) in [7, 11) is 0. The molecule has 0 aliphatic rings. The predicted molar refractivity (Wildman–Crippen MR) is 101 cm³/mol. The van der Waals surface area contributed by atoms with Crippen molar-refractivity contribution in [1.29, 1.82) is 0 Å². The predicted octanol–water partition coefficient (Wildman–Crippen LogP) is 3.36. The lowest BCUT2D eigenvalue weighted by atomic mass is 10.3. The summed E-state index contributed by atoms with van der Waals surface area (Å²) in [5.41, 5.74) is 2.59. The molecule has 0 spiro atoms. The highest BCUT2D eigenvalue weighted by Gasteiger charge is 2.15. The first-order chi connectivity index (χ1) is 12.7. The minimum atomic E-state index is -0.248. The molecule has 0 aliphatic carbocycles. The number of ether oxygens (including phenoxy) is 1. The van der Waals surface area contributed by atoms with Gasteiger partial charge in [0.1, 0.15) is 10.7 Å². The fraction of sp³-hybridized carbons (Fsp3) is 0.333. The number of rotatable bonds is 7. The van der Waals surface area contributed by atoms with Gasteiger partial charge in [-0.25, -0.2) is 9.78 Å². The Labute approximate surface area is 156 Å². The van der Waals surface area contributed by atoms with Gasteiger partial charge in [0.05, 0.1) is 10.6 Å². The Hall–Kier alpha value is -2.58. The second-order valence-electron chi connectivity index (χ2n) is 5.60. The normalized spacial score (nSPS) is 10.8. The van der Waals surface area contributed by atoms with Gasteiger partial charge in [-0.1, -0.05) is 0 Å². The van der Waals surface area contributed by atoms with Crippen LogP contribution in [-0.4, -0.2) is 45.5 Å². The molecular formula is C18H21N5O2S. The van der Waals surface area contributed by atoms with Crippen molar-refractivity contribution < 1.29 is 9.53 Å². The first-order valence-corrected chi connectivity index (χ1v) is 9.30. The average Bonchev–Trinajstić information content (AvgIpc) is 3.29. The molecule has 8 heteroatoms. The molecular weight excluding hydrogens is 350 g/mol. The second-order valence-corrected chi connectivity index (χ2v) is 6.60. The Balaban J connectivity index is 1.68. The molecule has 0 atom stereocenters. The van der Waals surface area contributed by atoms with Gasteiger partial charge in [-0.3, -0.25) is 4.98 Å². The van der Waals surface area contributed by atoms with Gasteiger partial charge in [0.15, 0.2) is 0 Å². The number of thiazole rings is 1. The van der Waals surface area contributed by atoms with Crippen LogP contribution >= 0.6 is 11.3 Å². The van der Waals surface area contributed by atoms with Crippen molar-refractivity contribution in [3.8, 4) is 21.1 Å². The minimum absolute atomic E-state index is 0.248. The van der Waals surface area contributed by atoms with Crippen LogP contribution in [0.25, 0.3) is 21.1 Å². The lowest BCUT2D eigenvalue weighted by Gasteiger charge is -2.04. The van der Waals surface area contributed by atoms with E-state index in [1.54, 1.807) is 29.9 Å². The van der Waals surface area contributed by atoms with Gasteiger partial charge in [0.2, 0.25) is 0 Å². The number of aromatic nitrogens is 4. The summed E-state index contributed by atoms with van der Waals surface area (Å²) in [5.74, 6) is 0. The minimum Gasteiger partial charge on any atom is -0.382 e. The lowest BCUT2D eigenvalue weighted by Crippen LogP contribution is -2.30. The molecule has 0 aromatic carbocycles. The van der Waals surface area contributed by atoms with Crippen LogP contribution in [0, 0.1) is 6.92 Å². The Morgan fingerprint density at radius 1 is 1.38 bits per heavy atom. The first kappa shape index (κ1) is 18.2. The van der Waals surface area contributed by atoms with E-state index in [0.29, 0.717) is 19.8 Å². The molecule has 0 radical (unpaired) electrons. The fourth-order valence-corrected chi connectivity index (χ4v) is 3.42. The Morgan fingerprint density at radius 3 is 3.04 bits per heavy atom. The van der Waals surface area contributed by atoms with Crippen LogP contribution in [0.4, 0.5) is 4.79 Å². The van der Waals surface area contributed by atoms with Gasteiger partial charge in [-0.2, -0.15) is 9.78 Å². The van der Waals surface area contributed by atoms with Gasteiger partial charge in [0.25, 0.3) is 0 Å². The molecule has 3 aromatic heterocycles. The second kappa shape index (κ2) is 8.68. The molecule has 3 rings (SSSR count). The molecule has 0 bridgehead atoms. The maximum Gasteiger partial charge on any atom is 0.342 e. The summed E-state index contributed by atoms with van der Waals surface area (Å²) in [6.07, 6.45) is 5.96. The number of nitrogens with one attached hydrogen (secondary N) is 1. The number of pyridine rings is 1. The van der Waals surface area contributed by atoms with Crippen molar-refractivity contribution in [2.45, 2.75) is 20.3 Å². The van der Waals surface area contributed by atoms with Crippen molar-refractivity contribution in [1.82, 2.24) is 25.1 Å². The van der Waals surface area contributed by atoms with E-state index in [1.807, 2.05) is 32.0 Å². The fourth-order valence-electron chi connectivity index (χ4n) is 2.40. The van der Waals surface area contributed by atoms with E-state index in [4.69, 9.17) is 4.74 Å². The molecule has 3 aromatic rings. The van der Waals surface area contributed by atoms with Crippen LogP contribution in [-0.2, 0) is 4.74 Å². The van der Waals surface area contributed by atoms with E-state index in [-0.39, 0.29) is 6.03 Å². The SMILES string of the molecule is CCOCCCNC(=O)n1ccc(-c2sc(-c3cccnc3)nc2C)n1. The third-order valence-corrected chi connectivity index (χ3v) is 4.91. The largest absolute Gasteiger partial charge is 0.382 e. The van der Waals surface area contributed by atoms with Gasteiger partial charge >= 0.3 is 6.03 Å². The smallest absolute Gasteiger partial charge is 0.342 e. The monoisotopic (exact) mass is 371 g/mol. The Bertz CT molecular complexity index is 860. The number of carbonyl (C=O) groups excluding carboxylic acids is 1.